The number of ether oxygens (including phenoxy) is 1. The molecule has 1 aromatic heterocycles. The molecular weight excluding hydrogens is 327 g/mol. The molecule has 0 spiro atoms. The van der Waals surface area contributed by atoms with Crippen molar-refractivity contribution in [3.63, 3.8) is 0 Å². The molecule has 3 rings (SSSR count). The molecule has 0 aliphatic carbocycles. The van der Waals surface area contributed by atoms with Crippen LogP contribution in [0.5, 0.6) is 0 Å². The van der Waals surface area contributed by atoms with Gasteiger partial charge in [-0.15, -0.1) is 0 Å². The van der Waals surface area contributed by atoms with Gasteiger partial charge in [-0.1, -0.05) is 6.07 Å². The first kappa shape index (κ1) is 17.5. The van der Waals surface area contributed by atoms with Crippen molar-refractivity contribution in [2.24, 2.45) is 0 Å². The summed E-state index contributed by atoms with van der Waals surface area (Å²) in [6.45, 7) is 2.39. The van der Waals surface area contributed by atoms with E-state index in [9.17, 15) is 9.18 Å². The fourth-order valence-corrected chi connectivity index (χ4v) is 3.03. The maximum absolute atomic E-state index is 13.8. The average molecular weight is 348 g/mol. The first-order valence-electron chi connectivity index (χ1n) is 8.15. The van der Waals surface area contributed by atoms with Gasteiger partial charge < -0.3 is 14.7 Å². The molecule has 2 aromatic rings. The fourth-order valence-electron chi connectivity index (χ4n) is 3.03. The lowest BCUT2D eigenvalue weighted by Gasteiger charge is -2.24. The van der Waals surface area contributed by atoms with Crippen LogP contribution in [0.15, 0.2) is 18.2 Å². The minimum absolute atomic E-state index is 0.0219. The van der Waals surface area contributed by atoms with Crippen molar-refractivity contribution in [2.45, 2.75) is 32.0 Å². The molecule has 1 aliphatic rings. The summed E-state index contributed by atoms with van der Waals surface area (Å²) < 4.78 is 19.5. The van der Waals surface area contributed by atoms with E-state index >= 15 is 0 Å². The van der Waals surface area contributed by atoms with Crippen molar-refractivity contribution in [2.75, 3.05) is 20.2 Å². The monoisotopic (exact) mass is 348 g/mol. The molecule has 0 saturated carbocycles. The summed E-state index contributed by atoms with van der Waals surface area (Å²) in [4.78, 5) is 18.4. The maximum atomic E-state index is 13.8. The number of carbonyl (C=O) groups excluding carboxylic acids is 1. The van der Waals surface area contributed by atoms with Crippen LogP contribution in [-0.2, 0) is 11.3 Å². The number of benzene rings is 1. The summed E-state index contributed by atoms with van der Waals surface area (Å²) in [5.41, 5.74) is 0.402. The molecule has 0 radical (unpaired) electrons. The van der Waals surface area contributed by atoms with E-state index in [-0.39, 0.29) is 29.1 Å². The molecule has 2 atom stereocenters. The topological polar surface area (TPSA) is 91.3 Å². The van der Waals surface area contributed by atoms with Crippen LogP contribution in [-0.4, -0.2) is 57.4 Å². The zero-order chi connectivity index (χ0) is 18.0. The summed E-state index contributed by atoms with van der Waals surface area (Å²) >= 11 is 0. The molecule has 1 aromatic carbocycles. The molecule has 7 nitrogen and oxygen atoms in total. The summed E-state index contributed by atoms with van der Waals surface area (Å²) in [5.74, 6) is 0.564. The second-order valence-corrected chi connectivity index (χ2v) is 6.23. The Morgan fingerprint density at radius 1 is 1.52 bits per heavy atom. The number of nitrogens with zero attached hydrogens (tertiary/aromatic N) is 3. The van der Waals surface area contributed by atoms with E-state index in [1.54, 1.807) is 7.05 Å². The summed E-state index contributed by atoms with van der Waals surface area (Å²) in [6, 6.07) is 4.08. The molecule has 8 heteroatoms. The van der Waals surface area contributed by atoms with Gasteiger partial charge in [-0.25, -0.2) is 9.37 Å². The molecule has 1 fully saturated rings. The number of hydrogen-bond acceptors (Lipinski definition) is 5. The van der Waals surface area contributed by atoms with Gasteiger partial charge in [0.05, 0.1) is 18.6 Å². The van der Waals surface area contributed by atoms with Crippen molar-refractivity contribution >= 4 is 5.91 Å². The fraction of sp³-hybridized carbons (Fsp3) is 0.471. The number of aromatic nitrogens is 3. The summed E-state index contributed by atoms with van der Waals surface area (Å²) in [7, 11) is 1.65. The molecular formula is C17H21FN4O3. The third-order valence-corrected chi connectivity index (χ3v) is 4.43. The van der Waals surface area contributed by atoms with E-state index in [4.69, 9.17) is 9.84 Å². The highest BCUT2D eigenvalue weighted by Gasteiger charge is 2.34. The number of nitrogens with one attached hydrogen (secondary N) is 1. The van der Waals surface area contributed by atoms with Crippen LogP contribution in [0.4, 0.5) is 4.39 Å². The number of aliphatic hydroxyl groups is 1. The normalized spacial score (nSPS) is 20.0. The van der Waals surface area contributed by atoms with Crippen LogP contribution in [0.1, 0.15) is 39.9 Å². The van der Waals surface area contributed by atoms with E-state index in [2.05, 4.69) is 15.2 Å². The standard InChI is InChI=1S/C17H21FN4O3/c1-10-19-16(21-20-10)13-5-6-25-15(13)8-22(2)17(24)11-3-4-12(9-23)14(18)7-11/h3-4,7,13,15,23H,5-6,8-9H2,1-2H3,(H,19,20,21)/t13-,15-/m1/s1. The van der Waals surface area contributed by atoms with Crippen molar-refractivity contribution < 1.29 is 19.0 Å². The van der Waals surface area contributed by atoms with Crippen LogP contribution in [0.2, 0.25) is 0 Å². The van der Waals surface area contributed by atoms with Gasteiger partial charge in [0.2, 0.25) is 0 Å². The van der Waals surface area contributed by atoms with Gasteiger partial charge in [0.1, 0.15) is 11.6 Å². The molecule has 1 aliphatic heterocycles. The van der Waals surface area contributed by atoms with Crippen LogP contribution in [0.3, 0.4) is 0 Å². The molecule has 134 valence electrons. The Bertz CT molecular complexity index is 764. The van der Waals surface area contributed by atoms with Crippen LogP contribution in [0, 0.1) is 12.7 Å². The van der Waals surface area contributed by atoms with Crippen LogP contribution >= 0.6 is 0 Å². The molecule has 2 heterocycles. The van der Waals surface area contributed by atoms with Gasteiger partial charge in [0.15, 0.2) is 5.82 Å². The molecule has 25 heavy (non-hydrogen) atoms. The van der Waals surface area contributed by atoms with Gasteiger partial charge in [-0.2, -0.15) is 5.10 Å². The van der Waals surface area contributed by atoms with Crippen LogP contribution in [0.25, 0.3) is 0 Å². The Balaban J connectivity index is 1.69. The van der Waals surface area contributed by atoms with Gasteiger partial charge in [0.25, 0.3) is 5.91 Å². The third kappa shape index (κ3) is 3.69. The largest absolute Gasteiger partial charge is 0.392 e. The summed E-state index contributed by atoms with van der Waals surface area (Å²) in [5, 5.41) is 16.0. The van der Waals surface area contributed by atoms with Crippen molar-refractivity contribution in [1.29, 1.82) is 0 Å². The Morgan fingerprint density at radius 2 is 2.32 bits per heavy atom. The molecule has 0 unspecified atom stereocenters. The number of aliphatic hydroxyl groups excluding tert-OH is 1. The molecule has 0 bridgehead atoms. The molecule has 1 amide bonds. The third-order valence-electron chi connectivity index (χ3n) is 4.43. The van der Waals surface area contributed by atoms with Crippen molar-refractivity contribution in [3.8, 4) is 0 Å². The predicted octanol–water partition coefficient (Wildman–Crippen LogP) is 1.39. The van der Waals surface area contributed by atoms with Gasteiger partial charge in [-0.05, 0) is 25.5 Å². The zero-order valence-electron chi connectivity index (χ0n) is 14.2. The highest BCUT2D eigenvalue weighted by atomic mass is 19.1. The predicted molar refractivity (Wildman–Crippen MR) is 87.5 cm³/mol. The second kappa shape index (κ2) is 7.28. The highest BCUT2D eigenvalue weighted by molar-refractivity contribution is 5.94. The number of aryl methyl sites for hydroxylation is 1. The van der Waals surface area contributed by atoms with Gasteiger partial charge in [-0.3, -0.25) is 9.89 Å². The number of carbonyl (C=O) groups is 1. The van der Waals surface area contributed by atoms with Gasteiger partial charge in [0, 0.05) is 31.3 Å². The first-order valence-corrected chi connectivity index (χ1v) is 8.15. The van der Waals surface area contributed by atoms with E-state index < -0.39 is 12.4 Å². The lowest BCUT2D eigenvalue weighted by molar-refractivity contribution is 0.0549. The Hall–Kier alpha value is -2.32. The van der Waals surface area contributed by atoms with E-state index in [1.807, 2.05) is 6.92 Å². The Kier molecular flexibility index (Phi) is 5.10. The van der Waals surface area contributed by atoms with Crippen LogP contribution < -0.4 is 0 Å². The first-order chi connectivity index (χ1) is 12.0. The minimum atomic E-state index is -0.590. The minimum Gasteiger partial charge on any atom is -0.392 e. The smallest absolute Gasteiger partial charge is 0.253 e. The lowest BCUT2D eigenvalue weighted by Crippen LogP contribution is -2.36. The number of H-pyrrole nitrogens is 1. The van der Waals surface area contributed by atoms with Gasteiger partial charge >= 0.3 is 0 Å². The van der Waals surface area contributed by atoms with E-state index in [0.717, 1.165) is 18.3 Å². The maximum Gasteiger partial charge on any atom is 0.253 e. The van der Waals surface area contributed by atoms with Crippen molar-refractivity contribution in [3.05, 3.63) is 46.8 Å². The Labute approximate surface area is 144 Å². The quantitative estimate of drug-likeness (QED) is 0.852. The number of halogens is 1. The SMILES string of the molecule is Cc1nc([C@@H]2CCO[C@@H]2CN(C)C(=O)c2ccc(CO)c(F)c2)n[nH]1. The second-order valence-electron chi connectivity index (χ2n) is 6.23. The number of rotatable bonds is 5. The highest BCUT2D eigenvalue weighted by Crippen LogP contribution is 2.29. The number of hydrogen-bond donors (Lipinski definition) is 2. The molecule has 1 saturated heterocycles. The number of likely N-dealkylation sites (N-methyl/N-ethyl adjacent to an activating group) is 1. The zero-order valence-corrected chi connectivity index (χ0v) is 14.2. The average Bonchev–Trinajstić information content (AvgIpc) is 3.22. The number of amides is 1. The van der Waals surface area contributed by atoms with Crippen molar-refractivity contribution in [1.82, 2.24) is 20.1 Å². The Morgan fingerprint density at radius 3 is 2.96 bits per heavy atom. The van der Waals surface area contributed by atoms with E-state index in [1.165, 1.54) is 17.0 Å². The molecule has 2 N–H and O–H groups in total. The number of aromatic amines is 1. The van der Waals surface area contributed by atoms with E-state index in [0.29, 0.717) is 19.0 Å². The lowest BCUT2D eigenvalue weighted by atomic mass is 10.00. The summed E-state index contributed by atoms with van der Waals surface area (Å²) in [6.07, 6.45) is 0.592.